The lowest BCUT2D eigenvalue weighted by atomic mass is 9.98. The molecule has 2 atom stereocenters. The maximum atomic E-state index is 12.9. The summed E-state index contributed by atoms with van der Waals surface area (Å²) in [6, 6.07) is 10.4. The van der Waals surface area contributed by atoms with Crippen LogP contribution in [0.2, 0.25) is 0 Å². The van der Waals surface area contributed by atoms with Gasteiger partial charge in [0.15, 0.2) is 0 Å². The Hall–Kier alpha value is -2.79. The zero-order chi connectivity index (χ0) is 24.2. The first-order chi connectivity index (χ1) is 15.6. The van der Waals surface area contributed by atoms with E-state index in [-0.39, 0.29) is 16.6 Å². The van der Waals surface area contributed by atoms with Crippen molar-refractivity contribution in [3.8, 4) is 10.6 Å². The number of hydrogen-bond donors (Lipinski definition) is 2. The van der Waals surface area contributed by atoms with Crippen molar-refractivity contribution in [2.45, 2.75) is 32.5 Å². The zero-order valence-electron chi connectivity index (χ0n) is 17.6. The third-order valence-corrected chi connectivity index (χ3v) is 6.42. The predicted octanol–water partition coefficient (Wildman–Crippen LogP) is 5.77. The molecular formula is C22H20BrF3N4O2S. The number of nitrogens with zero attached hydrogens (tertiary/aromatic N) is 2. The van der Waals surface area contributed by atoms with Crippen LogP contribution in [0.3, 0.4) is 0 Å². The molecule has 1 aromatic heterocycles. The van der Waals surface area contributed by atoms with E-state index in [0.717, 1.165) is 34.3 Å². The number of anilines is 1. The molecule has 3 aromatic rings. The third-order valence-electron chi connectivity index (χ3n) is 5.00. The number of carbonyl (C=O) groups is 2. The minimum absolute atomic E-state index is 0.0255. The van der Waals surface area contributed by atoms with Gasteiger partial charge in [0.2, 0.25) is 11.0 Å². The summed E-state index contributed by atoms with van der Waals surface area (Å²) >= 11 is 4.55. The minimum atomic E-state index is -4.50. The normalized spacial score (nSPS) is 13.3. The highest BCUT2D eigenvalue weighted by Gasteiger charge is 2.31. The number of carbonyl (C=O) groups excluding carboxylic acids is 2. The van der Waals surface area contributed by atoms with Crippen molar-refractivity contribution >= 4 is 44.2 Å². The summed E-state index contributed by atoms with van der Waals surface area (Å²) in [5.74, 6) is -1.36. The molecule has 0 bridgehead atoms. The number of benzene rings is 2. The Morgan fingerprint density at radius 3 is 2.27 bits per heavy atom. The van der Waals surface area contributed by atoms with Gasteiger partial charge in [0.1, 0.15) is 11.0 Å². The summed E-state index contributed by atoms with van der Waals surface area (Å²) in [5, 5.41) is 14.3. The van der Waals surface area contributed by atoms with Crippen LogP contribution in [0.25, 0.3) is 10.6 Å². The molecule has 33 heavy (non-hydrogen) atoms. The number of hydrogen-bond acceptors (Lipinski definition) is 5. The van der Waals surface area contributed by atoms with E-state index in [9.17, 15) is 22.8 Å². The summed E-state index contributed by atoms with van der Waals surface area (Å²) in [4.78, 5) is 25.5. The molecule has 0 saturated heterocycles. The molecule has 174 valence electrons. The van der Waals surface area contributed by atoms with Gasteiger partial charge in [-0.3, -0.25) is 14.9 Å². The molecule has 3 rings (SSSR count). The predicted molar refractivity (Wildman–Crippen MR) is 124 cm³/mol. The van der Waals surface area contributed by atoms with Gasteiger partial charge in [0, 0.05) is 15.6 Å². The van der Waals surface area contributed by atoms with Crippen molar-refractivity contribution in [3.63, 3.8) is 0 Å². The Labute approximate surface area is 200 Å². The summed E-state index contributed by atoms with van der Waals surface area (Å²) in [7, 11) is 0. The summed E-state index contributed by atoms with van der Waals surface area (Å²) in [5.41, 5.74) is 0.0101. The number of alkyl halides is 3. The lowest BCUT2D eigenvalue weighted by molar-refractivity contribution is -0.137. The van der Waals surface area contributed by atoms with E-state index in [1.54, 1.807) is 6.92 Å². The van der Waals surface area contributed by atoms with Crippen LogP contribution in [-0.4, -0.2) is 28.1 Å². The molecule has 0 aliphatic rings. The van der Waals surface area contributed by atoms with Gasteiger partial charge in [-0.2, -0.15) is 13.2 Å². The molecule has 2 amide bonds. The lowest BCUT2D eigenvalue weighted by Gasteiger charge is -2.23. The molecular weight excluding hydrogens is 521 g/mol. The molecule has 0 aliphatic heterocycles. The van der Waals surface area contributed by atoms with Gasteiger partial charge >= 0.3 is 6.18 Å². The first-order valence-corrected chi connectivity index (χ1v) is 11.6. The summed E-state index contributed by atoms with van der Waals surface area (Å²) in [6.45, 7) is 3.66. The van der Waals surface area contributed by atoms with Crippen molar-refractivity contribution in [1.82, 2.24) is 15.5 Å². The maximum absolute atomic E-state index is 12.9. The fourth-order valence-electron chi connectivity index (χ4n) is 2.90. The van der Waals surface area contributed by atoms with E-state index in [4.69, 9.17) is 0 Å². The summed E-state index contributed by atoms with van der Waals surface area (Å²) in [6.07, 6.45) is -3.91. The van der Waals surface area contributed by atoms with E-state index in [1.807, 2.05) is 31.2 Å². The first kappa shape index (κ1) is 24.8. The molecule has 0 fully saturated rings. The van der Waals surface area contributed by atoms with Crippen molar-refractivity contribution in [2.24, 2.45) is 5.92 Å². The molecule has 6 nitrogen and oxygen atoms in total. The van der Waals surface area contributed by atoms with Crippen LogP contribution in [-0.2, 0) is 11.0 Å². The minimum Gasteiger partial charge on any atom is -0.340 e. The van der Waals surface area contributed by atoms with Crippen LogP contribution in [0.5, 0.6) is 0 Å². The van der Waals surface area contributed by atoms with Crippen LogP contribution < -0.4 is 10.6 Å². The van der Waals surface area contributed by atoms with E-state index >= 15 is 0 Å². The fraction of sp³-hybridized carbons (Fsp3) is 0.273. The van der Waals surface area contributed by atoms with Crippen LogP contribution in [0.15, 0.2) is 53.0 Å². The molecule has 0 aliphatic carbocycles. The van der Waals surface area contributed by atoms with Gasteiger partial charge in [0.05, 0.1) is 5.56 Å². The maximum Gasteiger partial charge on any atom is 0.416 e. The monoisotopic (exact) mass is 540 g/mol. The zero-order valence-corrected chi connectivity index (χ0v) is 20.0. The van der Waals surface area contributed by atoms with Gasteiger partial charge in [-0.15, -0.1) is 10.2 Å². The smallest absolute Gasteiger partial charge is 0.340 e. The quantitative estimate of drug-likeness (QED) is 0.398. The number of nitrogens with one attached hydrogen (secondary N) is 2. The second-order valence-electron chi connectivity index (χ2n) is 7.32. The van der Waals surface area contributed by atoms with E-state index in [1.165, 1.54) is 11.3 Å². The number of rotatable bonds is 7. The Bertz CT molecular complexity index is 1120. The summed E-state index contributed by atoms with van der Waals surface area (Å²) < 4.78 is 39.2. The Balaban J connectivity index is 1.71. The molecule has 0 saturated carbocycles. The lowest BCUT2D eigenvalue weighted by Crippen LogP contribution is -2.47. The van der Waals surface area contributed by atoms with Gasteiger partial charge in [-0.25, -0.2) is 0 Å². The second kappa shape index (κ2) is 10.4. The molecule has 0 spiro atoms. The van der Waals surface area contributed by atoms with Crippen molar-refractivity contribution in [1.29, 1.82) is 0 Å². The molecule has 2 N–H and O–H groups in total. The van der Waals surface area contributed by atoms with E-state index < -0.39 is 29.6 Å². The molecule has 0 unspecified atom stereocenters. The van der Waals surface area contributed by atoms with Crippen LogP contribution in [0.4, 0.5) is 18.3 Å². The number of amides is 2. The van der Waals surface area contributed by atoms with Gasteiger partial charge in [-0.05, 0) is 42.3 Å². The van der Waals surface area contributed by atoms with Gasteiger partial charge in [-0.1, -0.05) is 59.7 Å². The van der Waals surface area contributed by atoms with Gasteiger partial charge < -0.3 is 5.32 Å². The van der Waals surface area contributed by atoms with E-state index in [2.05, 4.69) is 36.8 Å². The Morgan fingerprint density at radius 1 is 1.06 bits per heavy atom. The molecule has 1 heterocycles. The topological polar surface area (TPSA) is 84.0 Å². The number of aromatic nitrogens is 2. The van der Waals surface area contributed by atoms with Crippen molar-refractivity contribution in [2.75, 3.05) is 5.32 Å². The standard InChI is InChI=1S/C22H20BrF3N4O2S/c1-3-12(2)17(27-18(31)13-4-8-15(9-5-13)22(24,25)26)19(32)28-21-30-29-20(33-21)14-6-10-16(23)11-7-14/h4-12,17H,3H2,1-2H3,(H,27,31)(H,28,30,32)/t12-,17+/m0/s1. The van der Waals surface area contributed by atoms with Crippen LogP contribution in [0.1, 0.15) is 36.2 Å². The van der Waals surface area contributed by atoms with Crippen LogP contribution in [0, 0.1) is 5.92 Å². The average Bonchev–Trinajstić information content (AvgIpc) is 3.25. The van der Waals surface area contributed by atoms with Crippen LogP contribution >= 0.6 is 27.3 Å². The fourth-order valence-corrected chi connectivity index (χ4v) is 3.92. The highest BCUT2D eigenvalue weighted by atomic mass is 79.9. The molecule has 2 aromatic carbocycles. The van der Waals surface area contributed by atoms with Crippen molar-refractivity contribution in [3.05, 3.63) is 64.1 Å². The third kappa shape index (κ3) is 6.38. The largest absolute Gasteiger partial charge is 0.416 e. The SMILES string of the molecule is CC[C@H](C)[C@@H](NC(=O)c1ccc(C(F)(F)F)cc1)C(=O)Nc1nnc(-c2ccc(Br)cc2)s1. The number of halogens is 4. The molecule has 11 heteroatoms. The highest BCUT2D eigenvalue weighted by molar-refractivity contribution is 9.10. The van der Waals surface area contributed by atoms with Crippen molar-refractivity contribution < 1.29 is 22.8 Å². The second-order valence-corrected chi connectivity index (χ2v) is 9.21. The van der Waals surface area contributed by atoms with E-state index in [0.29, 0.717) is 11.4 Å². The van der Waals surface area contributed by atoms with Gasteiger partial charge in [0.25, 0.3) is 5.91 Å². The average molecular weight is 541 g/mol. The first-order valence-electron chi connectivity index (χ1n) is 9.97. The Kier molecular flexibility index (Phi) is 7.85. The Morgan fingerprint density at radius 2 is 1.70 bits per heavy atom. The highest BCUT2D eigenvalue weighted by Crippen LogP contribution is 2.29. The molecule has 0 radical (unpaired) electrons.